The number of aryl methyl sites for hydroxylation is 1. The summed E-state index contributed by atoms with van der Waals surface area (Å²) in [5.41, 5.74) is 4.54. The molecule has 0 amide bonds. The summed E-state index contributed by atoms with van der Waals surface area (Å²) in [5, 5.41) is 0.00536. The van der Waals surface area contributed by atoms with Gasteiger partial charge in [0.1, 0.15) is 12.1 Å². The Morgan fingerprint density at radius 3 is 2.23 bits per heavy atom. The van der Waals surface area contributed by atoms with Gasteiger partial charge in [-0.25, -0.2) is 23.4 Å². The predicted octanol–water partition coefficient (Wildman–Crippen LogP) is 4.45. The molecule has 35 heavy (non-hydrogen) atoms. The third-order valence-electron chi connectivity index (χ3n) is 5.56. The number of aromatic nitrogens is 3. The molecule has 0 aliphatic heterocycles. The molecule has 8 heteroatoms. The van der Waals surface area contributed by atoms with E-state index in [0.717, 1.165) is 27.8 Å². The summed E-state index contributed by atoms with van der Waals surface area (Å²) in [5.74, 6) is 0.125. The summed E-state index contributed by atoms with van der Waals surface area (Å²) < 4.78 is 28.5. The number of ketones is 1. The van der Waals surface area contributed by atoms with Crippen LogP contribution in [0.5, 0.6) is 0 Å². The molecule has 0 saturated carbocycles. The van der Waals surface area contributed by atoms with Crippen LogP contribution in [0.25, 0.3) is 11.1 Å². The molecule has 2 heterocycles. The number of nitrogens with zero attached hydrogens (tertiary/aromatic N) is 4. The van der Waals surface area contributed by atoms with Crippen LogP contribution in [0.1, 0.15) is 30.0 Å². The molecule has 4 rings (SSSR count). The van der Waals surface area contributed by atoms with Crippen molar-refractivity contribution in [1.29, 1.82) is 0 Å². The van der Waals surface area contributed by atoms with Crippen LogP contribution >= 0.6 is 0 Å². The van der Waals surface area contributed by atoms with Crippen LogP contribution < -0.4 is 0 Å². The molecule has 2 aromatic carbocycles. The third-order valence-corrected chi connectivity index (χ3v) is 7.27. The van der Waals surface area contributed by atoms with E-state index in [9.17, 15) is 13.2 Å². The van der Waals surface area contributed by atoms with Crippen molar-refractivity contribution in [2.75, 3.05) is 0 Å². The fourth-order valence-corrected chi connectivity index (χ4v) is 5.07. The van der Waals surface area contributed by atoms with E-state index >= 15 is 0 Å². The Hall–Kier alpha value is -3.75. The van der Waals surface area contributed by atoms with Gasteiger partial charge in [0.05, 0.1) is 0 Å². The highest BCUT2D eigenvalue weighted by atomic mass is 32.2. The highest BCUT2D eigenvalue weighted by molar-refractivity contribution is 7.89. The van der Waals surface area contributed by atoms with Crippen LogP contribution in [0.3, 0.4) is 0 Å². The molecule has 0 radical (unpaired) electrons. The molecule has 178 valence electrons. The van der Waals surface area contributed by atoms with Crippen LogP contribution in [0.15, 0.2) is 96.7 Å². The van der Waals surface area contributed by atoms with E-state index in [1.54, 1.807) is 31.5 Å². The van der Waals surface area contributed by atoms with Gasteiger partial charge in [0.2, 0.25) is 0 Å². The Bertz CT molecular complexity index is 1380. The standard InChI is InChI=1S/C27H26N4O3S/c1-21(32)8-9-22-5-4-6-24(15-22)19-31(35(33,34)27-7-2-3-14-30-27)18-23-10-12-25(13-11-23)26-16-28-20-29-17-26/h2-7,10-17,20H,8-9,18-19H2,1H3. The molecule has 2 aromatic heterocycles. The lowest BCUT2D eigenvalue weighted by molar-refractivity contribution is -0.116. The number of benzene rings is 2. The zero-order chi connectivity index (χ0) is 24.7. The minimum absolute atomic E-state index is 0.00536. The normalized spacial score (nSPS) is 11.5. The average Bonchev–Trinajstić information content (AvgIpc) is 2.89. The van der Waals surface area contributed by atoms with E-state index in [1.165, 1.54) is 22.9 Å². The maximum absolute atomic E-state index is 13.5. The minimum atomic E-state index is -3.85. The number of carbonyl (C=O) groups excluding carboxylic acids is 1. The molecule has 0 aliphatic rings. The van der Waals surface area contributed by atoms with Crippen molar-refractivity contribution in [2.24, 2.45) is 0 Å². The first kappa shape index (κ1) is 24.4. The third kappa shape index (κ3) is 6.44. The second-order valence-corrected chi connectivity index (χ2v) is 10.2. The van der Waals surface area contributed by atoms with Gasteiger partial charge in [0.15, 0.2) is 5.03 Å². The first-order valence-corrected chi connectivity index (χ1v) is 12.7. The van der Waals surface area contributed by atoms with Crippen LogP contribution in [-0.4, -0.2) is 33.5 Å². The number of carbonyl (C=O) groups is 1. The summed E-state index contributed by atoms with van der Waals surface area (Å²) in [6.45, 7) is 1.93. The number of hydrogen-bond acceptors (Lipinski definition) is 6. The molecule has 0 N–H and O–H groups in total. The van der Waals surface area contributed by atoms with Crippen LogP contribution in [-0.2, 0) is 34.3 Å². The molecule has 0 aliphatic carbocycles. The fraction of sp³-hybridized carbons (Fsp3) is 0.185. The topological polar surface area (TPSA) is 93.1 Å². The number of Topliss-reactive ketones (excluding diaryl/α,β-unsaturated/α-hetero) is 1. The van der Waals surface area contributed by atoms with E-state index in [-0.39, 0.29) is 23.9 Å². The summed E-state index contributed by atoms with van der Waals surface area (Å²) >= 11 is 0. The van der Waals surface area contributed by atoms with E-state index in [1.807, 2.05) is 48.5 Å². The average molecular weight is 487 g/mol. The van der Waals surface area contributed by atoms with E-state index in [0.29, 0.717) is 12.8 Å². The first-order chi connectivity index (χ1) is 16.9. The van der Waals surface area contributed by atoms with Crippen LogP contribution in [0.4, 0.5) is 0 Å². The fourth-order valence-electron chi connectivity index (χ4n) is 3.72. The Balaban J connectivity index is 1.61. The molecule has 0 spiro atoms. The minimum Gasteiger partial charge on any atom is -0.300 e. The number of sulfonamides is 1. The maximum atomic E-state index is 13.5. The van der Waals surface area contributed by atoms with Gasteiger partial charge in [-0.2, -0.15) is 4.31 Å². The van der Waals surface area contributed by atoms with Gasteiger partial charge in [-0.3, -0.25) is 0 Å². The molecule has 4 aromatic rings. The van der Waals surface area contributed by atoms with E-state index in [4.69, 9.17) is 0 Å². The largest absolute Gasteiger partial charge is 0.300 e. The van der Waals surface area contributed by atoms with Crippen molar-refractivity contribution in [2.45, 2.75) is 37.9 Å². The van der Waals surface area contributed by atoms with Crippen LogP contribution in [0, 0.1) is 0 Å². The van der Waals surface area contributed by atoms with Crippen molar-refractivity contribution in [1.82, 2.24) is 19.3 Å². The zero-order valence-corrected chi connectivity index (χ0v) is 20.2. The van der Waals surface area contributed by atoms with Crippen molar-refractivity contribution in [3.63, 3.8) is 0 Å². The van der Waals surface area contributed by atoms with E-state index in [2.05, 4.69) is 15.0 Å². The molecule has 0 unspecified atom stereocenters. The lowest BCUT2D eigenvalue weighted by Gasteiger charge is -2.22. The molecule has 0 bridgehead atoms. The highest BCUT2D eigenvalue weighted by Crippen LogP contribution is 2.23. The highest BCUT2D eigenvalue weighted by Gasteiger charge is 2.26. The SMILES string of the molecule is CC(=O)CCc1cccc(CN(Cc2ccc(-c3cncnc3)cc2)S(=O)(=O)c2ccccn2)c1. The summed E-state index contributed by atoms with van der Waals surface area (Å²) in [4.78, 5) is 23.6. The van der Waals surface area contributed by atoms with Gasteiger partial charge in [-0.15, -0.1) is 0 Å². The molecular weight excluding hydrogens is 460 g/mol. The predicted molar refractivity (Wildman–Crippen MR) is 134 cm³/mol. The van der Waals surface area contributed by atoms with Crippen molar-refractivity contribution in [3.05, 3.63) is 108 Å². The van der Waals surface area contributed by atoms with Gasteiger partial charge in [-0.05, 0) is 47.7 Å². The molecule has 7 nitrogen and oxygen atoms in total. The number of hydrogen-bond donors (Lipinski definition) is 0. The first-order valence-electron chi connectivity index (χ1n) is 11.2. The van der Waals surface area contributed by atoms with E-state index < -0.39 is 10.0 Å². The Labute approximate surface area is 205 Å². The Morgan fingerprint density at radius 2 is 1.54 bits per heavy atom. The van der Waals surface area contributed by atoms with Gasteiger partial charge < -0.3 is 4.79 Å². The second-order valence-electron chi connectivity index (χ2n) is 8.29. The molecular formula is C27H26N4O3S. The van der Waals surface area contributed by atoms with Crippen molar-refractivity contribution >= 4 is 15.8 Å². The lowest BCUT2D eigenvalue weighted by Crippen LogP contribution is -2.31. The van der Waals surface area contributed by atoms with Gasteiger partial charge in [0, 0.05) is 43.7 Å². The summed E-state index contributed by atoms with van der Waals surface area (Å²) in [6.07, 6.45) is 7.51. The molecule has 0 fully saturated rings. The van der Waals surface area contributed by atoms with Gasteiger partial charge >= 0.3 is 0 Å². The molecule has 0 saturated heterocycles. The summed E-state index contributed by atoms with van der Waals surface area (Å²) in [7, 11) is -3.85. The monoisotopic (exact) mass is 486 g/mol. The van der Waals surface area contributed by atoms with Gasteiger partial charge in [0.25, 0.3) is 10.0 Å². The second kappa shape index (κ2) is 11.1. The maximum Gasteiger partial charge on any atom is 0.261 e. The Kier molecular flexibility index (Phi) is 7.74. The lowest BCUT2D eigenvalue weighted by atomic mass is 10.0. The van der Waals surface area contributed by atoms with Gasteiger partial charge in [-0.1, -0.05) is 54.6 Å². The Morgan fingerprint density at radius 1 is 0.829 bits per heavy atom. The number of pyridine rings is 1. The smallest absolute Gasteiger partial charge is 0.261 e. The summed E-state index contributed by atoms with van der Waals surface area (Å²) in [6, 6.07) is 20.3. The van der Waals surface area contributed by atoms with Crippen molar-refractivity contribution < 1.29 is 13.2 Å². The quantitative estimate of drug-likeness (QED) is 0.329. The molecule has 0 atom stereocenters. The zero-order valence-electron chi connectivity index (χ0n) is 19.4. The van der Waals surface area contributed by atoms with Crippen LogP contribution in [0.2, 0.25) is 0 Å². The number of rotatable bonds is 10. The van der Waals surface area contributed by atoms with Crippen molar-refractivity contribution in [3.8, 4) is 11.1 Å².